The Morgan fingerprint density at radius 2 is 2.18 bits per heavy atom. The summed E-state index contributed by atoms with van der Waals surface area (Å²) in [6.07, 6.45) is 2.04. The lowest BCUT2D eigenvalue weighted by Crippen LogP contribution is -2.17. The van der Waals surface area contributed by atoms with Gasteiger partial charge in [0.05, 0.1) is 5.02 Å². The number of fused-ring (bicyclic) bond motifs is 1. The maximum absolute atomic E-state index is 6.23. The van der Waals surface area contributed by atoms with E-state index in [2.05, 4.69) is 16.7 Å². The van der Waals surface area contributed by atoms with Gasteiger partial charge in [-0.1, -0.05) is 17.7 Å². The molecule has 1 aromatic carbocycles. The molecule has 94 valence electrons. The molecule has 0 aliphatic carbocycles. The first-order chi connectivity index (χ1) is 8.33. The molecule has 1 heterocycles. The Kier molecular flexibility index (Phi) is 4.66. The molecular formula is C13H19ClN2O. The average molecular weight is 255 g/mol. The normalized spacial score (nSPS) is 15.2. The molecule has 3 nitrogen and oxygen atoms in total. The van der Waals surface area contributed by atoms with Crippen molar-refractivity contribution in [1.29, 1.82) is 0 Å². The Morgan fingerprint density at radius 1 is 1.35 bits per heavy atom. The first-order valence-corrected chi connectivity index (χ1v) is 6.49. The van der Waals surface area contributed by atoms with Crippen LogP contribution in [0.4, 0.5) is 0 Å². The summed E-state index contributed by atoms with van der Waals surface area (Å²) in [6.45, 7) is 3.51. The van der Waals surface area contributed by atoms with E-state index in [9.17, 15) is 0 Å². The van der Waals surface area contributed by atoms with Crippen LogP contribution >= 0.6 is 11.6 Å². The van der Waals surface area contributed by atoms with Crippen molar-refractivity contribution in [3.63, 3.8) is 0 Å². The quantitative estimate of drug-likeness (QED) is 0.802. The fourth-order valence-corrected chi connectivity index (χ4v) is 2.35. The van der Waals surface area contributed by atoms with E-state index in [-0.39, 0.29) is 0 Å². The predicted octanol–water partition coefficient (Wildman–Crippen LogP) is 1.63. The molecule has 0 amide bonds. The van der Waals surface area contributed by atoms with Gasteiger partial charge < -0.3 is 15.4 Å². The van der Waals surface area contributed by atoms with E-state index in [1.54, 1.807) is 0 Å². The lowest BCUT2D eigenvalue weighted by atomic mass is 10.0. The summed E-state index contributed by atoms with van der Waals surface area (Å²) in [6, 6.07) is 4.07. The first kappa shape index (κ1) is 12.7. The van der Waals surface area contributed by atoms with Gasteiger partial charge in [0.25, 0.3) is 0 Å². The van der Waals surface area contributed by atoms with Crippen molar-refractivity contribution in [2.24, 2.45) is 0 Å². The lowest BCUT2D eigenvalue weighted by molar-refractivity contribution is 0.315. The fourth-order valence-electron chi connectivity index (χ4n) is 2.12. The van der Waals surface area contributed by atoms with Crippen LogP contribution in [0, 0.1) is 0 Å². The maximum atomic E-state index is 6.23. The molecule has 0 spiro atoms. The van der Waals surface area contributed by atoms with Crippen molar-refractivity contribution in [3.05, 3.63) is 28.3 Å². The van der Waals surface area contributed by atoms with Crippen LogP contribution in [0.1, 0.15) is 11.1 Å². The molecular weight excluding hydrogens is 236 g/mol. The van der Waals surface area contributed by atoms with Gasteiger partial charge in [0.1, 0.15) is 12.4 Å². The summed E-state index contributed by atoms with van der Waals surface area (Å²) in [5.74, 6) is 0.878. The Morgan fingerprint density at radius 3 is 3.00 bits per heavy atom. The van der Waals surface area contributed by atoms with Crippen LogP contribution in [-0.2, 0) is 12.8 Å². The highest BCUT2D eigenvalue weighted by Crippen LogP contribution is 2.32. The van der Waals surface area contributed by atoms with E-state index in [0.29, 0.717) is 6.61 Å². The van der Waals surface area contributed by atoms with Gasteiger partial charge in [-0.3, -0.25) is 0 Å². The number of benzene rings is 1. The van der Waals surface area contributed by atoms with Gasteiger partial charge in [-0.2, -0.15) is 0 Å². The van der Waals surface area contributed by atoms with Crippen molar-refractivity contribution >= 4 is 11.6 Å². The molecule has 1 aliphatic heterocycles. The smallest absolute Gasteiger partial charge is 0.141 e. The van der Waals surface area contributed by atoms with Crippen molar-refractivity contribution in [2.75, 3.05) is 33.3 Å². The van der Waals surface area contributed by atoms with Crippen LogP contribution in [0.5, 0.6) is 5.75 Å². The van der Waals surface area contributed by atoms with E-state index >= 15 is 0 Å². The van der Waals surface area contributed by atoms with Gasteiger partial charge in [-0.15, -0.1) is 0 Å². The topological polar surface area (TPSA) is 33.3 Å². The molecule has 0 bridgehead atoms. The zero-order chi connectivity index (χ0) is 12.1. The highest BCUT2D eigenvalue weighted by Gasteiger charge is 2.15. The average Bonchev–Trinajstić information content (AvgIpc) is 2.57. The molecule has 17 heavy (non-hydrogen) atoms. The molecule has 0 aromatic heterocycles. The van der Waals surface area contributed by atoms with Crippen LogP contribution in [0.2, 0.25) is 5.02 Å². The van der Waals surface area contributed by atoms with Crippen LogP contribution < -0.4 is 15.4 Å². The highest BCUT2D eigenvalue weighted by atomic mass is 35.5. The largest absolute Gasteiger partial charge is 0.490 e. The van der Waals surface area contributed by atoms with E-state index in [4.69, 9.17) is 16.3 Å². The summed E-state index contributed by atoms with van der Waals surface area (Å²) >= 11 is 6.23. The first-order valence-electron chi connectivity index (χ1n) is 6.11. The SMILES string of the molecule is CNCCOc1c(Cl)ccc2c1CCNCC2. The number of ether oxygens (including phenoxy) is 1. The van der Waals surface area contributed by atoms with Gasteiger partial charge >= 0.3 is 0 Å². The van der Waals surface area contributed by atoms with Crippen molar-refractivity contribution in [1.82, 2.24) is 10.6 Å². The molecule has 0 radical (unpaired) electrons. The summed E-state index contributed by atoms with van der Waals surface area (Å²) < 4.78 is 5.81. The summed E-state index contributed by atoms with van der Waals surface area (Å²) in [5, 5.41) is 7.19. The summed E-state index contributed by atoms with van der Waals surface area (Å²) in [7, 11) is 1.92. The minimum atomic E-state index is 0.653. The molecule has 1 aliphatic rings. The highest BCUT2D eigenvalue weighted by molar-refractivity contribution is 6.32. The minimum absolute atomic E-state index is 0.653. The molecule has 2 rings (SSSR count). The molecule has 0 saturated carbocycles. The molecule has 0 unspecified atom stereocenters. The number of hydrogen-bond acceptors (Lipinski definition) is 3. The number of likely N-dealkylation sites (N-methyl/N-ethyl adjacent to an activating group) is 1. The Hall–Kier alpha value is -0.770. The third-order valence-corrected chi connectivity index (χ3v) is 3.33. The Labute approximate surface area is 107 Å². The van der Waals surface area contributed by atoms with Crippen LogP contribution in [-0.4, -0.2) is 33.3 Å². The van der Waals surface area contributed by atoms with Gasteiger partial charge in [-0.05, 0) is 44.6 Å². The van der Waals surface area contributed by atoms with Crippen molar-refractivity contribution in [2.45, 2.75) is 12.8 Å². The van der Waals surface area contributed by atoms with Gasteiger partial charge in [0, 0.05) is 12.1 Å². The lowest BCUT2D eigenvalue weighted by Gasteiger charge is -2.15. The van der Waals surface area contributed by atoms with E-state index < -0.39 is 0 Å². The van der Waals surface area contributed by atoms with Gasteiger partial charge in [0.15, 0.2) is 0 Å². The van der Waals surface area contributed by atoms with Crippen molar-refractivity contribution in [3.8, 4) is 5.75 Å². The standard InChI is InChI=1S/C13H19ClN2O/c1-15-8-9-17-13-11-5-7-16-6-4-10(11)2-3-12(13)14/h2-3,15-16H,4-9H2,1H3. The second kappa shape index (κ2) is 6.24. The number of halogens is 1. The molecule has 4 heteroatoms. The summed E-state index contributed by atoms with van der Waals surface area (Å²) in [4.78, 5) is 0. The number of rotatable bonds is 4. The third kappa shape index (κ3) is 3.12. The van der Waals surface area contributed by atoms with Crippen molar-refractivity contribution < 1.29 is 4.74 Å². The summed E-state index contributed by atoms with van der Waals surface area (Å²) in [5.41, 5.74) is 2.64. The zero-order valence-electron chi connectivity index (χ0n) is 10.2. The molecule has 1 aromatic rings. The number of hydrogen-bond donors (Lipinski definition) is 2. The van der Waals surface area contributed by atoms with E-state index in [1.807, 2.05) is 13.1 Å². The zero-order valence-corrected chi connectivity index (χ0v) is 10.9. The van der Waals surface area contributed by atoms with Crippen LogP contribution in [0.15, 0.2) is 12.1 Å². The second-order valence-electron chi connectivity index (χ2n) is 4.22. The van der Waals surface area contributed by atoms with Gasteiger partial charge in [-0.25, -0.2) is 0 Å². The van der Waals surface area contributed by atoms with Crippen LogP contribution in [0.25, 0.3) is 0 Å². The maximum Gasteiger partial charge on any atom is 0.141 e. The second-order valence-corrected chi connectivity index (χ2v) is 4.62. The van der Waals surface area contributed by atoms with Crippen LogP contribution in [0.3, 0.4) is 0 Å². The Balaban J connectivity index is 2.22. The minimum Gasteiger partial charge on any atom is -0.490 e. The monoisotopic (exact) mass is 254 g/mol. The molecule has 0 atom stereocenters. The Bertz CT molecular complexity index is 382. The van der Waals surface area contributed by atoms with Gasteiger partial charge in [0.2, 0.25) is 0 Å². The third-order valence-electron chi connectivity index (χ3n) is 3.03. The molecule has 2 N–H and O–H groups in total. The van der Waals surface area contributed by atoms with E-state index in [0.717, 1.165) is 43.2 Å². The van der Waals surface area contributed by atoms with E-state index in [1.165, 1.54) is 11.1 Å². The fraction of sp³-hybridized carbons (Fsp3) is 0.538. The molecule has 0 saturated heterocycles. The number of nitrogens with one attached hydrogen (secondary N) is 2. The predicted molar refractivity (Wildman–Crippen MR) is 71.2 cm³/mol. The molecule has 0 fully saturated rings.